The van der Waals surface area contributed by atoms with Crippen LogP contribution >= 0.6 is 0 Å². The summed E-state index contributed by atoms with van der Waals surface area (Å²) in [4.78, 5) is 4.96. The summed E-state index contributed by atoms with van der Waals surface area (Å²) in [5.41, 5.74) is 13.4. The molecule has 28 heavy (non-hydrogen) atoms. The Morgan fingerprint density at radius 1 is 0.679 bits per heavy atom. The van der Waals surface area contributed by atoms with Crippen LogP contribution in [0, 0.1) is 34.6 Å². The zero-order valence-corrected chi connectivity index (χ0v) is 17.2. The number of fused-ring (bicyclic) bond motifs is 2. The highest BCUT2D eigenvalue weighted by Gasteiger charge is 2.32. The molecule has 1 heterocycles. The van der Waals surface area contributed by atoms with Crippen LogP contribution in [0.15, 0.2) is 54.7 Å². The van der Waals surface area contributed by atoms with E-state index in [0.717, 1.165) is 0 Å². The Labute approximate surface area is 167 Å². The molecule has 0 saturated heterocycles. The van der Waals surface area contributed by atoms with Gasteiger partial charge in [-0.2, -0.15) is 0 Å². The van der Waals surface area contributed by atoms with Gasteiger partial charge in [0.25, 0.3) is 0 Å². The van der Waals surface area contributed by atoms with E-state index in [-0.39, 0.29) is 5.92 Å². The second-order valence-electron chi connectivity index (χ2n) is 8.39. The molecule has 0 spiro atoms. The number of hydrogen-bond donors (Lipinski definition) is 0. The number of pyridine rings is 1. The van der Waals surface area contributed by atoms with E-state index < -0.39 is 0 Å². The van der Waals surface area contributed by atoms with E-state index in [1.165, 1.54) is 66.5 Å². The summed E-state index contributed by atoms with van der Waals surface area (Å²) in [7, 11) is 0. The molecule has 1 nitrogen and oxygen atoms in total. The van der Waals surface area contributed by atoms with E-state index in [0.29, 0.717) is 0 Å². The number of aromatic nitrogens is 1. The third-order valence-electron chi connectivity index (χ3n) is 6.23. The van der Waals surface area contributed by atoms with Crippen LogP contribution in [0.4, 0.5) is 0 Å². The molecule has 138 valence electrons. The Morgan fingerprint density at radius 3 is 2.04 bits per heavy atom. The molecule has 1 aliphatic carbocycles. The molecule has 0 amide bonds. The van der Waals surface area contributed by atoms with Crippen molar-refractivity contribution in [1.29, 1.82) is 0 Å². The van der Waals surface area contributed by atoms with E-state index >= 15 is 0 Å². The van der Waals surface area contributed by atoms with E-state index in [1.54, 1.807) is 0 Å². The fourth-order valence-electron chi connectivity index (χ4n) is 5.35. The normalized spacial score (nSPS) is 15.0. The standard InChI is InChI=1S/C27H25N/c1-15-11-17(3)23(18(4)12-15)26-24-19(5)13-16(2)14-22(24)21-8-6-7-20-9-10-28-27(26)25(20)21/h6-14,26H,1-5H3. The van der Waals surface area contributed by atoms with Crippen molar-refractivity contribution in [1.82, 2.24) is 4.98 Å². The van der Waals surface area contributed by atoms with Crippen molar-refractivity contribution in [3.63, 3.8) is 0 Å². The molecule has 1 aliphatic rings. The average molecular weight is 364 g/mol. The topological polar surface area (TPSA) is 12.9 Å². The third-order valence-corrected chi connectivity index (χ3v) is 6.23. The first-order valence-electron chi connectivity index (χ1n) is 10.0. The summed E-state index contributed by atoms with van der Waals surface area (Å²) in [6.45, 7) is 11.1. The van der Waals surface area contributed by atoms with Crippen LogP contribution in [0.5, 0.6) is 0 Å². The van der Waals surface area contributed by atoms with Crippen LogP contribution < -0.4 is 0 Å². The Kier molecular flexibility index (Phi) is 3.71. The lowest BCUT2D eigenvalue weighted by Crippen LogP contribution is -2.16. The van der Waals surface area contributed by atoms with Crippen molar-refractivity contribution in [3.8, 4) is 11.1 Å². The summed E-state index contributed by atoms with van der Waals surface area (Å²) in [5.74, 6) is 0.176. The lowest BCUT2D eigenvalue weighted by atomic mass is 9.72. The van der Waals surface area contributed by atoms with Crippen molar-refractivity contribution < 1.29 is 0 Å². The summed E-state index contributed by atoms with van der Waals surface area (Å²) in [6.07, 6.45) is 1.97. The highest BCUT2D eigenvalue weighted by molar-refractivity contribution is 6.02. The molecular weight excluding hydrogens is 338 g/mol. The number of nitrogens with zero attached hydrogens (tertiary/aromatic N) is 1. The molecule has 0 N–H and O–H groups in total. The van der Waals surface area contributed by atoms with Gasteiger partial charge in [-0.3, -0.25) is 4.98 Å². The molecule has 0 saturated carbocycles. The first-order chi connectivity index (χ1) is 13.5. The maximum absolute atomic E-state index is 4.96. The Morgan fingerprint density at radius 2 is 1.32 bits per heavy atom. The van der Waals surface area contributed by atoms with E-state index in [9.17, 15) is 0 Å². The van der Waals surface area contributed by atoms with Gasteiger partial charge in [0.1, 0.15) is 0 Å². The number of benzene rings is 3. The SMILES string of the molecule is Cc1cc(C)c(C2c3c(C)cc(C)cc3-c3cccc4ccnc2c34)c(C)c1. The van der Waals surface area contributed by atoms with Crippen molar-refractivity contribution in [3.05, 3.63) is 99.4 Å². The van der Waals surface area contributed by atoms with Gasteiger partial charge in [0.05, 0.1) is 11.6 Å². The maximum Gasteiger partial charge on any atom is 0.0607 e. The van der Waals surface area contributed by atoms with Gasteiger partial charge in [0, 0.05) is 11.6 Å². The minimum Gasteiger partial charge on any atom is -0.260 e. The summed E-state index contributed by atoms with van der Waals surface area (Å²) in [5, 5.41) is 2.59. The van der Waals surface area contributed by atoms with Crippen LogP contribution in [0.25, 0.3) is 21.9 Å². The first kappa shape index (κ1) is 17.2. The van der Waals surface area contributed by atoms with Gasteiger partial charge in [-0.25, -0.2) is 0 Å². The maximum atomic E-state index is 4.96. The molecule has 3 aromatic carbocycles. The van der Waals surface area contributed by atoms with Crippen LogP contribution in [0.2, 0.25) is 0 Å². The van der Waals surface area contributed by atoms with Crippen molar-refractivity contribution in [2.24, 2.45) is 0 Å². The quantitative estimate of drug-likeness (QED) is 0.314. The highest BCUT2D eigenvalue weighted by Crippen LogP contribution is 2.49. The molecule has 1 heteroatoms. The van der Waals surface area contributed by atoms with Gasteiger partial charge in [0.2, 0.25) is 0 Å². The summed E-state index contributed by atoms with van der Waals surface area (Å²) < 4.78 is 0. The molecule has 5 rings (SSSR count). The molecular formula is C27H25N. The van der Waals surface area contributed by atoms with E-state index in [2.05, 4.69) is 83.1 Å². The summed E-state index contributed by atoms with van der Waals surface area (Å²) in [6, 6.07) is 18.1. The van der Waals surface area contributed by atoms with Crippen LogP contribution in [-0.2, 0) is 0 Å². The van der Waals surface area contributed by atoms with Crippen LogP contribution in [0.3, 0.4) is 0 Å². The number of hydrogen-bond acceptors (Lipinski definition) is 1. The average Bonchev–Trinajstić information content (AvgIpc) is 2.63. The minimum absolute atomic E-state index is 0.176. The second-order valence-corrected chi connectivity index (χ2v) is 8.39. The predicted molar refractivity (Wildman–Crippen MR) is 118 cm³/mol. The van der Waals surface area contributed by atoms with Crippen molar-refractivity contribution in [2.45, 2.75) is 40.5 Å². The van der Waals surface area contributed by atoms with Gasteiger partial charge < -0.3 is 0 Å². The Bertz CT molecular complexity index is 1230. The number of aryl methyl sites for hydroxylation is 5. The molecule has 1 atom stereocenters. The highest BCUT2D eigenvalue weighted by atomic mass is 14.7. The molecule has 4 aromatic rings. The largest absolute Gasteiger partial charge is 0.260 e. The monoisotopic (exact) mass is 363 g/mol. The minimum atomic E-state index is 0.176. The van der Waals surface area contributed by atoms with Gasteiger partial charge in [-0.15, -0.1) is 0 Å². The first-order valence-corrected chi connectivity index (χ1v) is 10.0. The fraction of sp³-hybridized carbons (Fsp3) is 0.222. The van der Waals surface area contributed by atoms with Crippen LogP contribution in [0.1, 0.15) is 50.6 Å². The molecule has 1 unspecified atom stereocenters. The predicted octanol–water partition coefficient (Wildman–Crippen LogP) is 6.94. The zero-order valence-electron chi connectivity index (χ0n) is 17.2. The molecule has 0 bridgehead atoms. The Hall–Kier alpha value is -2.93. The molecule has 0 radical (unpaired) electrons. The number of rotatable bonds is 1. The van der Waals surface area contributed by atoms with Gasteiger partial charge in [-0.1, -0.05) is 53.6 Å². The Balaban J connectivity index is 1.98. The van der Waals surface area contributed by atoms with Crippen molar-refractivity contribution >= 4 is 10.8 Å². The van der Waals surface area contributed by atoms with Gasteiger partial charge >= 0.3 is 0 Å². The summed E-state index contributed by atoms with van der Waals surface area (Å²) >= 11 is 0. The second kappa shape index (κ2) is 6.04. The third kappa shape index (κ3) is 2.36. The molecule has 0 fully saturated rings. The fourth-order valence-corrected chi connectivity index (χ4v) is 5.35. The molecule has 0 aliphatic heterocycles. The lowest BCUT2D eigenvalue weighted by Gasteiger charge is -2.32. The smallest absolute Gasteiger partial charge is 0.0607 e. The zero-order chi connectivity index (χ0) is 19.6. The van der Waals surface area contributed by atoms with Gasteiger partial charge in [-0.05, 0) is 85.0 Å². The van der Waals surface area contributed by atoms with E-state index in [4.69, 9.17) is 4.98 Å². The van der Waals surface area contributed by atoms with Crippen LogP contribution in [-0.4, -0.2) is 4.98 Å². The van der Waals surface area contributed by atoms with Crippen molar-refractivity contribution in [2.75, 3.05) is 0 Å². The van der Waals surface area contributed by atoms with Gasteiger partial charge in [0.15, 0.2) is 0 Å². The van der Waals surface area contributed by atoms with E-state index in [1.807, 2.05) is 6.20 Å². The molecule has 1 aromatic heterocycles. The lowest BCUT2D eigenvalue weighted by molar-refractivity contribution is 0.894.